The van der Waals surface area contributed by atoms with Crippen LogP contribution in [-0.2, 0) is 16.2 Å². The highest BCUT2D eigenvalue weighted by Crippen LogP contribution is 2.56. The average Bonchev–Trinajstić information content (AvgIpc) is 3.75. The second-order valence-corrected chi connectivity index (χ2v) is 17.4. The fraction of sp³-hybridized carbons (Fsp3) is 0.143. The summed E-state index contributed by atoms with van der Waals surface area (Å²) in [7, 11) is 0. The molecule has 0 bridgehead atoms. The lowest BCUT2D eigenvalue weighted by Gasteiger charge is -2.31. The van der Waals surface area contributed by atoms with E-state index < -0.39 is 0 Å². The summed E-state index contributed by atoms with van der Waals surface area (Å²) in [6.45, 7) is 11.9. The number of hydrogen-bond donors (Lipinski definition) is 0. The maximum atomic E-state index is 2.48. The van der Waals surface area contributed by atoms with E-state index in [2.05, 4.69) is 222 Å². The molecule has 0 aromatic heterocycles. The lowest BCUT2D eigenvalue weighted by Crippen LogP contribution is -2.23. The molecule has 0 amide bonds. The van der Waals surface area contributed by atoms with Gasteiger partial charge in [0.05, 0.1) is 0 Å². The van der Waals surface area contributed by atoms with Gasteiger partial charge in [-0.05, 0) is 127 Å². The van der Waals surface area contributed by atoms with E-state index in [-0.39, 0.29) is 16.2 Å². The van der Waals surface area contributed by atoms with Crippen LogP contribution in [0.3, 0.4) is 0 Å². The Morgan fingerprint density at radius 1 is 0.316 bits per heavy atom. The third-order valence-electron chi connectivity index (χ3n) is 13.7. The van der Waals surface area contributed by atoms with Crippen molar-refractivity contribution in [2.75, 3.05) is 4.90 Å². The van der Waals surface area contributed by atoms with Crippen LogP contribution in [0, 0.1) is 0 Å². The molecule has 1 nitrogen and oxygen atoms in total. The molecule has 0 aliphatic heterocycles. The molecule has 1 unspecified atom stereocenters. The topological polar surface area (TPSA) is 3.24 Å². The molecular formula is C56H45N. The Labute approximate surface area is 336 Å². The highest BCUT2D eigenvalue weighted by molar-refractivity contribution is 5.91. The van der Waals surface area contributed by atoms with Gasteiger partial charge in [-0.1, -0.05) is 173 Å². The molecule has 0 spiro atoms. The summed E-state index contributed by atoms with van der Waals surface area (Å²) in [5, 5.41) is 0. The predicted octanol–water partition coefficient (Wildman–Crippen LogP) is 14.8. The third kappa shape index (κ3) is 4.69. The largest absolute Gasteiger partial charge is 0.310 e. The van der Waals surface area contributed by atoms with E-state index in [4.69, 9.17) is 0 Å². The maximum Gasteiger partial charge on any atom is 0.0465 e. The van der Waals surface area contributed by atoms with Crippen molar-refractivity contribution in [1.82, 2.24) is 0 Å². The van der Waals surface area contributed by atoms with Crippen LogP contribution >= 0.6 is 0 Å². The van der Waals surface area contributed by atoms with Gasteiger partial charge in [0.15, 0.2) is 0 Å². The summed E-state index contributed by atoms with van der Waals surface area (Å²) in [6, 6.07) is 68.3. The minimum absolute atomic E-state index is 0.0879. The van der Waals surface area contributed by atoms with Crippen molar-refractivity contribution in [3.63, 3.8) is 0 Å². The van der Waals surface area contributed by atoms with E-state index in [1.807, 2.05) is 0 Å². The SMILES string of the molecule is CC1(C)c2ccccc2-c2ccc(N(c3ccc(-c4cccc5c4C(C)(C)c4ccccc4-5)cc3)c3ccc4c(c3)C(C)(c3ccccc3)c3ccccc3-4)cc21. The minimum Gasteiger partial charge on any atom is -0.310 e. The predicted molar refractivity (Wildman–Crippen MR) is 239 cm³/mol. The normalized spacial score (nSPS) is 17.2. The van der Waals surface area contributed by atoms with E-state index in [9.17, 15) is 0 Å². The van der Waals surface area contributed by atoms with E-state index in [0.29, 0.717) is 0 Å². The van der Waals surface area contributed by atoms with Gasteiger partial charge in [-0.3, -0.25) is 0 Å². The molecule has 0 saturated heterocycles. The van der Waals surface area contributed by atoms with Crippen LogP contribution in [0.5, 0.6) is 0 Å². The number of fused-ring (bicyclic) bond motifs is 9. The van der Waals surface area contributed by atoms with Gasteiger partial charge in [0.25, 0.3) is 0 Å². The van der Waals surface area contributed by atoms with E-state index in [1.54, 1.807) is 0 Å². The zero-order valence-corrected chi connectivity index (χ0v) is 33.3. The number of anilines is 3. The Hall–Kier alpha value is -6.44. The van der Waals surface area contributed by atoms with Gasteiger partial charge >= 0.3 is 0 Å². The molecule has 0 radical (unpaired) electrons. The monoisotopic (exact) mass is 731 g/mol. The van der Waals surface area contributed by atoms with Gasteiger partial charge in [0, 0.05) is 33.3 Å². The van der Waals surface area contributed by atoms with Crippen LogP contribution in [0.2, 0.25) is 0 Å². The van der Waals surface area contributed by atoms with Crippen molar-refractivity contribution in [3.8, 4) is 44.5 Å². The molecule has 0 saturated carbocycles. The molecule has 274 valence electrons. The van der Waals surface area contributed by atoms with Gasteiger partial charge in [-0.15, -0.1) is 0 Å². The third-order valence-corrected chi connectivity index (χ3v) is 13.7. The number of benzene rings is 8. The van der Waals surface area contributed by atoms with Gasteiger partial charge < -0.3 is 4.90 Å². The van der Waals surface area contributed by atoms with Crippen LogP contribution in [0.4, 0.5) is 17.1 Å². The summed E-state index contributed by atoms with van der Waals surface area (Å²) in [6.07, 6.45) is 0. The quantitative estimate of drug-likeness (QED) is 0.170. The first-order valence-corrected chi connectivity index (χ1v) is 20.4. The first-order valence-electron chi connectivity index (χ1n) is 20.4. The first-order chi connectivity index (χ1) is 27.7. The van der Waals surface area contributed by atoms with Gasteiger partial charge in [0.1, 0.15) is 0 Å². The molecule has 0 fully saturated rings. The van der Waals surface area contributed by atoms with Crippen molar-refractivity contribution in [3.05, 3.63) is 221 Å². The Bertz CT molecular complexity index is 2910. The molecule has 0 N–H and O–H groups in total. The molecule has 57 heavy (non-hydrogen) atoms. The number of nitrogens with zero attached hydrogens (tertiary/aromatic N) is 1. The standard InChI is InChI=1S/C56H45N/c1-54(2)48-23-12-9-18-42(48)45-32-30-39(34-51(45)54)57(40-31-33-46-43-19-11-14-25-50(43)56(5,52(46)35-40)37-16-7-6-8-17-37)38-28-26-36(27-29-38)41-21-15-22-47-44-20-10-13-24-49(44)55(3,4)53(41)47/h6-35H,1-5H3. The van der Waals surface area contributed by atoms with Crippen LogP contribution in [0.25, 0.3) is 44.5 Å². The fourth-order valence-electron chi connectivity index (χ4n) is 10.9. The second-order valence-electron chi connectivity index (χ2n) is 17.4. The minimum atomic E-state index is -0.293. The second kappa shape index (κ2) is 12.0. The Kier molecular flexibility index (Phi) is 7.15. The molecule has 11 rings (SSSR count). The van der Waals surface area contributed by atoms with E-state index in [0.717, 1.165) is 17.1 Å². The van der Waals surface area contributed by atoms with Crippen LogP contribution in [-0.4, -0.2) is 0 Å². The van der Waals surface area contributed by atoms with Crippen LogP contribution in [0.15, 0.2) is 182 Å². The molecule has 1 atom stereocenters. The summed E-state index contributed by atoms with van der Waals surface area (Å²) in [4.78, 5) is 2.48. The van der Waals surface area contributed by atoms with E-state index >= 15 is 0 Å². The Balaban J connectivity index is 1.09. The van der Waals surface area contributed by atoms with Crippen molar-refractivity contribution in [2.24, 2.45) is 0 Å². The number of hydrogen-bond acceptors (Lipinski definition) is 1. The number of rotatable bonds is 5. The molecule has 3 aliphatic carbocycles. The van der Waals surface area contributed by atoms with Crippen molar-refractivity contribution < 1.29 is 0 Å². The maximum absolute atomic E-state index is 2.48. The summed E-state index contributed by atoms with van der Waals surface area (Å²) in [5.41, 5.74) is 23.1. The smallest absolute Gasteiger partial charge is 0.0465 e. The van der Waals surface area contributed by atoms with Crippen molar-refractivity contribution >= 4 is 17.1 Å². The van der Waals surface area contributed by atoms with Gasteiger partial charge in [0.2, 0.25) is 0 Å². The van der Waals surface area contributed by atoms with E-state index in [1.165, 1.54) is 83.5 Å². The summed E-state index contributed by atoms with van der Waals surface area (Å²) < 4.78 is 0. The highest BCUT2D eigenvalue weighted by Gasteiger charge is 2.42. The highest BCUT2D eigenvalue weighted by atomic mass is 15.1. The molecule has 3 aliphatic rings. The Morgan fingerprint density at radius 2 is 0.772 bits per heavy atom. The lowest BCUT2D eigenvalue weighted by molar-refractivity contribution is 0.660. The van der Waals surface area contributed by atoms with Crippen LogP contribution < -0.4 is 4.90 Å². The molecule has 0 heterocycles. The van der Waals surface area contributed by atoms with Crippen molar-refractivity contribution in [2.45, 2.75) is 50.9 Å². The van der Waals surface area contributed by atoms with Crippen LogP contribution in [0.1, 0.15) is 73.6 Å². The summed E-state index contributed by atoms with van der Waals surface area (Å²) in [5.74, 6) is 0. The molecule has 8 aromatic rings. The molecule has 8 aromatic carbocycles. The first kappa shape index (κ1) is 33.9. The zero-order valence-electron chi connectivity index (χ0n) is 33.3. The Morgan fingerprint density at radius 3 is 1.44 bits per heavy atom. The molecular weight excluding hydrogens is 687 g/mol. The molecule has 1 heteroatoms. The zero-order chi connectivity index (χ0) is 38.7. The summed E-state index contributed by atoms with van der Waals surface area (Å²) >= 11 is 0. The van der Waals surface area contributed by atoms with Crippen molar-refractivity contribution in [1.29, 1.82) is 0 Å². The average molecular weight is 732 g/mol. The lowest BCUT2D eigenvalue weighted by atomic mass is 9.74. The van der Waals surface area contributed by atoms with Gasteiger partial charge in [-0.25, -0.2) is 0 Å². The fourth-order valence-corrected chi connectivity index (χ4v) is 10.9. The van der Waals surface area contributed by atoms with Gasteiger partial charge in [-0.2, -0.15) is 0 Å².